The largest absolute Gasteiger partial charge is 0.359 e. The number of rotatable bonds is 8. The Balaban J connectivity index is 2.32. The van der Waals surface area contributed by atoms with Gasteiger partial charge in [-0.1, -0.05) is 50.3 Å². The van der Waals surface area contributed by atoms with E-state index in [2.05, 4.69) is 53.7 Å². The van der Waals surface area contributed by atoms with Crippen LogP contribution in [0.4, 0.5) is 4.39 Å². The van der Waals surface area contributed by atoms with Crippen LogP contribution >= 0.6 is 0 Å². The van der Waals surface area contributed by atoms with Gasteiger partial charge in [0.05, 0.1) is 5.35 Å². The Morgan fingerprint density at radius 3 is 2.44 bits per heavy atom. The molecule has 0 aliphatic heterocycles. The first kappa shape index (κ1) is 19.2. The molecule has 134 valence electrons. The van der Waals surface area contributed by atoms with Gasteiger partial charge in [-0.15, -0.1) is 0 Å². The molecule has 0 saturated carbocycles. The van der Waals surface area contributed by atoms with Gasteiger partial charge in [0.1, 0.15) is 5.83 Å². The van der Waals surface area contributed by atoms with E-state index in [9.17, 15) is 4.39 Å². The van der Waals surface area contributed by atoms with E-state index in [0.29, 0.717) is 5.35 Å². The zero-order valence-electron chi connectivity index (χ0n) is 15.6. The number of H-pyrrole nitrogens is 1. The Kier molecular flexibility index (Phi) is 7.20. The van der Waals surface area contributed by atoms with Gasteiger partial charge in [-0.05, 0) is 56.1 Å². The Hall–Kier alpha value is -2.13. The molecule has 0 bridgehead atoms. The monoisotopic (exact) mass is 340 g/mol. The molecular formula is C22H29FN2. The second kappa shape index (κ2) is 9.38. The van der Waals surface area contributed by atoms with Gasteiger partial charge in [-0.25, -0.2) is 4.39 Å². The Morgan fingerprint density at radius 1 is 1.16 bits per heavy atom. The standard InChI is InChI=1S/C22H29FN2/c1-5-7-17-8-10-18(11-9-17)12-13-20-19(14-15-25(3)4)16-24-22(20)21(23)6-2/h6,8-11,13,16,24H,2,5,7,12,14-15H2,1,3-4H3/b20-13-,22-21-. The van der Waals surface area contributed by atoms with E-state index in [0.717, 1.165) is 43.0 Å². The SMILES string of the molecule is C=C/C(F)=c1/[nH]cc(CCN(C)C)/c1=C/Cc1ccc(CCC)cc1. The van der Waals surface area contributed by atoms with Crippen molar-refractivity contribution < 1.29 is 4.39 Å². The van der Waals surface area contributed by atoms with Gasteiger partial charge in [0, 0.05) is 18.0 Å². The summed E-state index contributed by atoms with van der Waals surface area (Å²) in [6, 6.07) is 8.71. The second-order valence-electron chi connectivity index (χ2n) is 6.68. The number of nitrogens with zero attached hydrogens (tertiary/aromatic N) is 1. The molecule has 0 atom stereocenters. The van der Waals surface area contributed by atoms with Crippen LogP contribution < -0.4 is 10.6 Å². The summed E-state index contributed by atoms with van der Waals surface area (Å²) in [5, 5.41) is 1.49. The summed E-state index contributed by atoms with van der Waals surface area (Å²) in [5.74, 6) is -0.305. The van der Waals surface area contributed by atoms with Crippen molar-refractivity contribution in [2.45, 2.75) is 32.6 Å². The molecule has 0 saturated heterocycles. The van der Waals surface area contributed by atoms with Crippen LogP contribution in [0.25, 0.3) is 11.9 Å². The minimum Gasteiger partial charge on any atom is -0.359 e. The van der Waals surface area contributed by atoms with Crippen LogP contribution in [0.1, 0.15) is 30.0 Å². The number of nitrogens with one attached hydrogen (secondary N) is 1. The molecule has 3 heteroatoms. The fourth-order valence-corrected chi connectivity index (χ4v) is 2.91. The van der Waals surface area contributed by atoms with Crippen LogP contribution in [0.2, 0.25) is 0 Å². The van der Waals surface area contributed by atoms with E-state index in [-0.39, 0.29) is 5.83 Å². The number of aromatic nitrogens is 1. The van der Waals surface area contributed by atoms with Crippen molar-refractivity contribution in [2.75, 3.05) is 20.6 Å². The minimum absolute atomic E-state index is 0.305. The second-order valence-corrected chi connectivity index (χ2v) is 6.68. The van der Waals surface area contributed by atoms with Crippen LogP contribution in [-0.4, -0.2) is 30.5 Å². The van der Waals surface area contributed by atoms with E-state index < -0.39 is 0 Å². The number of halogens is 1. The minimum atomic E-state index is -0.305. The molecule has 0 aliphatic carbocycles. The number of hydrogen-bond donors (Lipinski definition) is 1. The van der Waals surface area contributed by atoms with Crippen LogP contribution in [0, 0.1) is 0 Å². The van der Waals surface area contributed by atoms with Crippen molar-refractivity contribution in [3.63, 3.8) is 0 Å². The van der Waals surface area contributed by atoms with Gasteiger partial charge in [0.15, 0.2) is 0 Å². The molecule has 2 aromatic rings. The topological polar surface area (TPSA) is 19.0 Å². The van der Waals surface area contributed by atoms with E-state index in [4.69, 9.17) is 0 Å². The van der Waals surface area contributed by atoms with E-state index >= 15 is 0 Å². The van der Waals surface area contributed by atoms with Crippen molar-refractivity contribution in [2.24, 2.45) is 0 Å². The molecular weight excluding hydrogens is 311 g/mol. The van der Waals surface area contributed by atoms with E-state index in [1.807, 2.05) is 20.3 Å². The summed E-state index contributed by atoms with van der Waals surface area (Å²) in [4.78, 5) is 5.21. The lowest BCUT2D eigenvalue weighted by Crippen LogP contribution is -2.28. The summed E-state index contributed by atoms with van der Waals surface area (Å²) in [6.07, 6.45) is 9.24. The quantitative estimate of drug-likeness (QED) is 0.781. The highest BCUT2D eigenvalue weighted by atomic mass is 19.1. The third-order valence-electron chi connectivity index (χ3n) is 4.36. The predicted octanol–water partition coefficient (Wildman–Crippen LogP) is 3.36. The smallest absolute Gasteiger partial charge is 0.146 e. The van der Waals surface area contributed by atoms with Crippen LogP contribution in [0.5, 0.6) is 0 Å². The molecule has 1 aromatic heterocycles. The average Bonchev–Trinajstić information content (AvgIpc) is 3.01. The fraction of sp³-hybridized carbons (Fsp3) is 0.364. The maximum absolute atomic E-state index is 14.1. The van der Waals surface area contributed by atoms with Crippen LogP contribution in [0.3, 0.4) is 0 Å². The molecule has 1 aromatic carbocycles. The number of hydrogen-bond acceptors (Lipinski definition) is 1. The van der Waals surface area contributed by atoms with Crippen LogP contribution in [-0.2, 0) is 19.3 Å². The van der Waals surface area contributed by atoms with Crippen LogP contribution in [0.15, 0.2) is 43.1 Å². The van der Waals surface area contributed by atoms with Crippen molar-refractivity contribution in [3.8, 4) is 0 Å². The van der Waals surface area contributed by atoms with E-state index in [1.165, 1.54) is 17.2 Å². The summed E-state index contributed by atoms with van der Waals surface area (Å²) in [6.45, 7) is 6.67. The molecule has 2 nitrogen and oxygen atoms in total. The lowest BCUT2D eigenvalue weighted by atomic mass is 10.0. The number of benzene rings is 1. The fourth-order valence-electron chi connectivity index (χ4n) is 2.91. The van der Waals surface area contributed by atoms with Crippen molar-refractivity contribution in [1.29, 1.82) is 0 Å². The lowest BCUT2D eigenvalue weighted by Gasteiger charge is -2.07. The molecule has 1 N–H and O–H groups in total. The summed E-state index contributed by atoms with van der Waals surface area (Å²) >= 11 is 0. The number of aromatic amines is 1. The normalized spacial score (nSPS) is 13.4. The van der Waals surface area contributed by atoms with Crippen molar-refractivity contribution in [1.82, 2.24) is 9.88 Å². The van der Waals surface area contributed by atoms with Gasteiger partial charge in [0.2, 0.25) is 0 Å². The van der Waals surface area contributed by atoms with Crippen molar-refractivity contribution in [3.05, 3.63) is 70.4 Å². The molecule has 0 unspecified atom stereocenters. The Morgan fingerprint density at radius 2 is 1.84 bits per heavy atom. The Bertz CT molecular complexity index is 798. The highest BCUT2D eigenvalue weighted by Crippen LogP contribution is 2.08. The van der Waals surface area contributed by atoms with Gasteiger partial charge in [-0.2, -0.15) is 0 Å². The number of likely N-dealkylation sites (N-methyl/N-ethyl adjacent to an activating group) is 1. The zero-order valence-corrected chi connectivity index (χ0v) is 15.6. The predicted molar refractivity (Wildman–Crippen MR) is 106 cm³/mol. The summed E-state index contributed by atoms with van der Waals surface area (Å²) < 4.78 is 14.1. The lowest BCUT2D eigenvalue weighted by molar-refractivity contribution is 0.413. The van der Waals surface area contributed by atoms with Gasteiger partial charge >= 0.3 is 0 Å². The van der Waals surface area contributed by atoms with Gasteiger partial charge in [-0.3, -0.25) is 0 Å². The molecule has 1 heterocycles. The third-order valence-corrected chi connectivity index (χ3v) is 4.36. The summed E-state index contributed by atoms with van der Waals surface area (Å²) in [7, 11) is 4.09. The highest BCUT2D eigenvalue weighted by Gasteiger charge is 2.04. The molecule has 0 aliphatic rings. The molecule has 0 radical (unpaired) electrons. The van der Waals surface area contributed by atoms with Gasteiger partial charge < -0.3 is 9.88 Å². The molecule has 2 rings (SSSR count). The Labute approximate surface area is 150 Å². The first-order valence-corrected chi connectivity index (χ1v) is 8.96. The maximum Gasteiger partial charge on any atom is 0.146 e. The van der Waals surface area contributed by atoms with E-state index in [1.54, 1.807) is 0 Å². The van der Waals surface area contributed by atoms with Crippen molar-refractivity contribution >= 4 is 11.9 Å². The molecule has 0 spiro atoms. The zero-order chi connectivity index (χ0) is 18.2. The maximum atomic E-state index is 14.1. The average molecular weight is 340 g/mol. The summed E-state index contributed by atoms with van der Waals surface area (Å²) in [5.41, 5.74) is 3.75. The third kappa shape index (κ3) is 5.43. The first-order valence-electron chi connectivity index (χ1n) is 8.96. The molecule has 25 heavy (non-hydrogen) atoms. The molecule has 0 amide bonds. The first-order chi connectivity index (χ1) is 12.0. The number of aryl methyl sites for hydroxylation is 1. The van der Waals surface area contributed by atoms with Gasteiger partial charge in [0.25, 0.3) is 0 Å². The molecule has 0 fully saturated rings. The number of allylic oxidation sites excluding steroid dienone is 1. The highest BCUT2D eigenvalue weighted by molar-refractivity contribution is 5.48.